The highest BCUT2D eigenvalue weighted by Crippen LogP contribution is 2.31. The van der Waals surface area contributed by atoms with Crippen molar-refractivity contribution < 1.29 is 14.6 Å². The average molecular weight is 263 g/mol. The Balaban J connectivity index is 2.20. The van der Waals surface area contributed by atoms with E-state index in [-0.39, 0.29) is 17.1 Å². The largest absolute Gasteiger partial charge is 0.507 e. The predicted octanol–water partition coefficient (Wildman–Crippen LogP) is 2.66. The fourth-order valence-electron chi connectivity index (χ4n) is 2.59. The molecule has 19 heavy (non-hydrogen) atoms. The van der Waals surface area contributed by atoms with Gasteiger partial charge in [0, 0.05) is 19.2 Å². The Morgan fingerprint density at radius 3 is 2.74 bits per heavy atom. The lowest BCUT2D eigenvalue weighted by molar-refractivity contribution is 0.0580. The van der Waals surface area contributed by atoms with Gasteiger partial charge in [0.1, 0.15) is 11.5 Å². The van der Waals surface area contributed by atoms with Crippen LogP contribution in [0, 0.1) is 5.41 Å². The van der Waals surface area contributed by atoms with E-state index >= 15 is 0 Å². The highest BCUT2D eigenvalue weighted by atomic mass is 16.5. The SMILES string of the molecule is COc1ccc(C(=O)N2CCCC(C)(C)C2)c(O)c1. The van der Waals surface area contributed by atoms with Crippen LogP contribution < -0.4 is 4.74 Å². The van der Waals surface area contributed by atoms with Gasteiger partial charge in [-0.3, -0.25) is 4.79 Å². The van der Waals surface area contributed by atoms with Gasteiger partial charge in [0.2, 0.25) is 0 Å². The smallest absolute Gasteiger partial charge is 0.257 e. The molecule has 1 aliphatic rings. The van der Waals surface area contributed by atoms with Crippen LogP contribution in [0.4, 0.5) is 0 Å². The molecule has 1 aromatic rings. The van der Waals surface area contributed by atoms with Crippen molar-refractivity contribution in [1.29, 1.82) is 0 Å². The normalized spacial score (nSPS) is 18.2. The van der Waals surface area contributed by atoms with Crippen molar-refractivity contribution in [3.8, 4) is 11.5 Å². The number of benzene rings is 1. The summed E-state index contributed by atoms with van der Waals surface area (Å²) in [5.74, 6) is 0.425. The van der Waals surface area contributed by atoms with Gasteiger partial charge in [0.25, 0.3) is 5.91 Å². The quantitative estimate of drug-likeness (QED) is 0.892. The van der Waals surface area contributed by atoms with E-state index < -0.39 is 0 Å². The number of carbonyl (C=O) groups excluding carboxylic acids is 1. The molecule has 104 valence electrons. The summed E-state index contributed by atoms with van der Waals surface area (Å²) < 4.78 is 5.02. The number of likely N-dealkylation sites (tertiary alicyclic amines) is 1. The summed E-state index contributed by atoms with van der Waals surface area (Å²) in [4.78, 5) is 14.3. The van der Waals surface area contributed by atoms with Crippen LogP contribution in [0.15, 0.2) is 18.2 Å². The van der Waals surface area contributed by atoms with Gasteiger partial charge in [0.05, 0.1) is 12.7 Å². The molecule has 1 heterocycles. The molecule has 0 bridgehead atoms. The molecule has 0 atom stereocenters. The van der Waals surface area contributed by atoms with Crippen LogP contribution in [0.3, 0.4) is 0 Å². The maximum Gasteiger partial charge on any atom is 0.257 e. The first kappa shape index (κ1) is 13.7. The molecule has 0 radical (unpaired) electrons. The molecule has 4 nitrogen and oxygen atoms in total. The molecular weight excluding hydrogens is 242 g/mol. The number of carbonyl (C=O) groups is 1. The highest BCUT2D eigenvalue weighted by Gasteiger charge is 2.30. The van der Waals surface area contributed by atoms with Crippen molar-refractivity contribution in [2.24, 2.45) is 5.41 Å². The topological polar surface area (TPSA) is 49.8 Å². The number of phenolic OH excluding ortho intramolecular Hbond substituents is 1. The Morgan fingerprint density at radius 2 is 2.16 bits per heavy atom. The average Bonchev–Trinajstić information content (AvgIpc) is 2.36. The molecule has 1 amide bonds. The van der Waals surface area contributed by atoms with Crippen molar-refractivity contribution in [3.63, 3.8) is 0 Å². The van der Waals surface area contributed by atoms with Gasteiger partial charge < -0.3 is 14.7 Å². The van der Waals surface area contributed by atoms with Gasteiger partial charge in [-0.2, -0.15) is 0 Å². The number of aromatic hydroxyl groups is 1. The summed E-state index contributed by atoms with van der Waals surface area (Å²) in [6.07, 6.45) is 2.14. The Labute approximate surface area is 114 Å². The first-order valence-corrected chi connectivity index (χ1v) is 6.59. The zero-order chi connectivity index (χ0) is 14.0. The summed E-state index contributed by atoms with van der Waals surface area (Å²) in [6.45, 7) is 5.83. The Morgan fingerprint density at radius 1 is 1.42 bits per heavy atom. The zero-order valence-electron chi connectivity index (χ0n) is 11.8. The monoisotopic (exact) mass is 263 g/mol. The second kappa shape index (κ2) is 5.11. The summed E-state index contributed by atoms with van der Waals surface area (Å²) in [6, 6.07) is 4.79. The molecule has 0 aromatic heterocycles. The number of hydrogen-bond acceptors (Lipinski definition) is 3. The first-order chi connectivity index (χ1) is 8.93. The summed E-state index contributed by atoms with van der Waals surface area (Å²) in [5, 5.41) is 9.93. The molecule has 1 aromatic carbocycles. The molecule has 1 aliphatic heterocycles. The number of nitrogens with zero attached hydrogens (tertiary/aromatic N) is 1. The lowest BCUT2D eigenvalue weighted by Gasteiger charge is -2.38. The number of amides is 1. The predicted molar refractivity (Wildman–Crippen MR) is 73.6 cm³/mol. The minimum atomic E-state index is -0.104. The highest BCUT2D eigenvalue weighted by molar-refractivity contribution is 5.97. The molecule has 0 unspecified atom stereocenters. The van der Waals surface area contributed by atoms with Crippen LogP contribution in [-0.2, 0) is 0 Å². The molecule has 1 saturated heterocycles. The Bertz CT molecular complexity index is 482. The van der Waals surface area contributed by atoms with E-state index in [0.717, 1.165) is 25.9 Å². The van der Waals surface area contributed by atoms with Gasteiger partial charge in [-0.05, 0) is 30.4 Å². The zero-order valence-corrected chi connectivity index (χ0v) is 11.8. The first-order valence-electron chi connectivity index (χ1n) is 6.59. The van der Waals surface area contributed by atoms with Crippen molar-refractivity contribution in [3.05, 3.63) is 23.8 Å². The Hall–Kier alpha value is -1.71. The van der Waals surface area contributed by atoms with Crippen LogP contribution in [0.1, 0.15) is 37.0 Å². The molecule has 0 saturated carbocycles. The van der Waals surface area contributed by atoms with Gasteiger partial charge in [-0.25, -0.2) is 0 Å². The van der Waals surface area contributed by atoms with E-state index in [9.17, 15) is 9.90 Å². The number of piperidine rings is 1. The molecule has 4 heteroatoms. The Kier molecular flexibility index (Phi) is 3.69. The lowest BCUT2D eigenvalue weighted by Crippen LogP contribution is -2.43. The third-order valence-electron chi connectivity index (χ3n) is 3.62. The second-order valence-corrected chi connectivity index (χ2v) is 5.88. The molecule has 0 aliphatic carbocycles. The maximum absolute atomic E-state index is 12.4. The van der Waals surface area contributed by atoms with E-state index in [0.29, 0.717) is 11.3 Å². The van der Waals surface area contributed by atoms with Gasteiger partial charge in [-0.1, -0.05) is 13.8 Å². The van der Waals surface area contributed by atoms with E-state index in [1.165, 1.54) is 13.2 Å². The number of hydrogen-bond donors (Lipinski definition) is 1. The van der Waals surface area contributed by atoms with Crippen molar-refractivity contribution >= 4 is 5.91 Å². The fourth-order valence-corrected chi connectivity index (χ4v) is 2.59. The van der Waals surface area contributed by atoms with Crippen molar-refractivity contribution in [2.45, 2.75) is 26.7 Å². The molecule has 2 rings (SSSR count). The molecule has 1 N–H and O–H groups in total. The maximum atomic E-state index is 12.4. The van der Waals surface area contributed by atoms with Gasteiger partial charge in [-0.15, -0.1) is 0 Å². The molecular formula is C15H21NO3. The van der Waals surface area contributed by atoms with E-state index in [1.807, 2.05) is 4.90 Å². The number of ether oxygens (including phenoxy) is 1. The minimum absolute atomic E-state index is 0.0206. The standard InChI is InChI=1S/C15H21NO3/c1-15(2)7-4-8-16(10-15)14(18)12-6-5-11(19-3)9-13(12)17/h5-6,9,17H,4,7-8,10H2,1-3H3. The minimum Gasteiger partial charge on any atom is -0.507 e. The van der Waals surface area contributed by atoms with E-state index in [2.05, 4.69) is 13.8 Å². The van der Waals surface area contributed by atoms with Crippen molar-refractivity contribution in [2.75, 3.05) is 20.2 Å². The van der Waals surface area contributed by atoms with Gasteiger partial charge in [0.15, 0.2) is 0 Å². The number of methoxy groups -OCH3 is 1. The van der Waals surface area contributed by atoms with Gasteiger partial charge >= 0.3 is 0 Å². The summed E-state index contributed by atoms with van der Waals surface area (Å²) >= 11 is 0. The van der Waals surface area contributed by atoms with E-state index in [4.69, 9.17) is 4.74 Å². The number of rotatable bonds is 2. The second-order valence-electron chi connectivity index (χ2n) is 5.88. The third-order valence-corrected chi connectivity index (χ3v) is 3.62. The summed E-state index contributed by atoms with van der Waals surface area (Å²) in [5.41, 5.74) is 0.495. The fraction of sp³-hybridized carbons (Fsp3) is 0.533. The van der Waals surface area contributed by atoms with Crippen molar-refractivity contribution in [1.82, 2.24) is 4.90 Å². The number of phenols is 1. The lowest BCUT2D eigenvalue weighted by atomic mass is 9.84. The van der Waals surface area contributed by atoms with E-state index in [1.54, 1.807) is 12.1 Å². The van der Waals surface area contributed by atoms with Crippen LogP contribution in [-0.4, -0.2) is 36.1 Å². The van der Waals surface area contributed by atoms with Crippen LogP contribution in [0.25, 0.3) is 0 Å². The van der Waals surface area contributed by atoms with Crippen LogP contribution in [0.5, 0.6) is 11.5 Å². The molecule has 0 spiro atoms. The third kappa shape index (κ3) is 3.00. The molecule has 1 fully saturated rings. The van der Waals surface area contributed by atoms with Crippen LogP contribution >= 0.6 is 0 Å². The summed E-state index contributed by atoms with van der Waals surface area (Å²) in [7, 11) is 1.53. The van der Waals surface area contributed by atoms with Crippen LogP contribution in [0.2, 0.25) is 0 Å².